The second-order valence-electron chi connectivity index (χ2n) is 4.44. The molecule has 0 amide bonds. The standard InChI is InChI=1S/C12H10I4O9S/c13-7-6(11(25-19)10(16)9(15)8(7)14)12(18)24-2-1-5(17)23-3-4-26(20,21)22/h19H,1-4H2,(H,20,21,22). The molecule has 0 fully saturated rings. The van der Waals surface area contributed by atoms with E-state index in [1.165, 1.54) is 0 Å². The van der Waals surface area contributed by atoms with Crippen molar-refractivity contribution >= 4 is 112 Å². The van der Waals surface area contributed by atoms with Gasteiger partial charge in [-0.2, -0.15) is 8.42 Å². The van der Waals surface area contributed by atoms with Crippen LogP contribution >= 0.6 is 90.4 Å². The molecule has 14 heteroatoms. The first kappa shape index (κ1) is 24.8. The largest absolute Gasteiger partial charge is 0.464 e. The van der Waals surface area contributed by atoms with Gasteiger partial charge in [-0.3, -0.25) is 9.35 Å². The zero-order valence-electron chi connectivity index (χ0n) is 12.5. The SMILES string of the molecule is O=C(CCOC(=O)c1c(I)c(I)c(I)c(I)c1OO)OCCS(=O)(=O)O. The molecule has 2 N–H and O–H groups in total. The van der Waals surface area contributed by atoms with Crippen molar-refractivity contribution < 1.29 is 42.2 Å². The third-order valence-corrected chi connectivity index (χ3v) is 10.7. The summed E-state index contributed by atoms with van der Waals surface area (Å²) in [6.45, 7) is -0.816. The lowest BCUT2D eigenvalue weighted by atomic mass is 10.2. The van der Waals surface area contributed by atoms with E-state index in [0.29, 0.717) is 7.14 Å². The molecule has 1 aromatic rings. The Morgan fingerprint density at radius 2 is 1.50 bits per heavy atom. The number of esters is 2. The molecule has 0 unspecified atom stereocenters. The van der Waals surface area contributed by atoms with Crippen LogP contribution in [0.1, 0.15) is 16.8 Å². The smallest absolute Gasteiger partial charge is 0.343 e. The number of hydrogen-bond donors (Lipinski definition) is 2. The fourth-order valence-corrected chi connectivity index (χ4v) is 5.26. The van der Waals surface area contributed by atoms with Gasteiger partial charge in [0.15, 0.2) is 5.75 Å². The molecule has 146 valence electrons. The van der Waals surface area contributed by atoms with Crippen molar-refractivity contribution in [2.24, 2.45) is 0 Å². The molecular weight excluding hydrogens is 828 g/mol. The summed E-state index contributed by atoms with van der Waals surface area (Å²) < 4.78 is 41.8. The van der Waals surface area contributed by atoms with Gasteiger partial charge >= 0.3 is 11.9 Å². The van der Waals surface area contributed by atoms with Crippen LogP contribution < -0.4 is 4.89 Å². The Labute approximate surface area is 203 Å². The molecule has 1 rings (SSSR count). The van der Waals surface area contributed by atoms with Gasteiger partial charge in [0.05, 0.1) is 9.99 Å². The van der Waals surface area contributed by atoms with Gasteiger partial charge in [0.2, 0.25) is 0 Å². The van der Waals surface area contributed by atoms with Crippen LogP contribution in [-0.4, -0.2) is 49.1 Å². The Kier molecular flexibility index (Phi) is 10.6. The minimum absolute atomic E-state index is 0.0297. The third kappa shape index (κ3) is 7.29. The maximum atomic E-state index is 12.3. The van der Waals surface area contributed by atoms with Gasteiger partial charge in [0.1, 0.15) is 24.5 Å². The first-order valence-electron chi connectivity index (χ1n) is 6.44. The minimum Gasteiger partial charge on any atom is -0.464 e. The molecule has 0 bridgehead atoms. The van der Waals surface area contributed by atoms with E-state index >= 15 is 0 Å². The van der Waals surface area contributed by atoms with Crippen LogP contribution in [0.2, 0.25) is 0 Å². The van der Waals surface area contributed by atoms with E-state index in [9.17, 15) is 18.0 Å². The van der Waals surface area contributed by atoms with Crippen LogP contribution in [-0.2, 0) is 24.4 Å². The Balaban J connectivity index is 2.71. The molecule has 0 aliphatic heterocycles. The Morgan fingerprint density at radius 1 is 0.923 bits per heavy atom. The highest BCUT2D eigenvalue weighted by atomic mass is 127. The van der Waals surface area contributed by atoms with Gasteiger partial charge < -0.3 is 14.4 Å². The summed E-state index contributed by atoms with van der Waals surface area (Å²) in [6, 6.07) is 0. The zero-order chi connectivity index (χ0) is 20.1. The highest BCUT2D eigenvalue weighted by Gasteiger charge is 2.27. The zero-order valence-corrected chi connectivity index (χ0v) is 21.9. The molecule has 0 saturated heterocycles. The number of ether oxygens (including phenoxy) is 2. The van der Waals surface area contributed by atoms with Crippen molar-refractivity contribution in [1.29, 1.82) is 0 Å². The number of rotatable bonds is 8. The summed E-state index contributed by atoms with van der Waals surface area (Å²) in [5.41, 5.74) is 0.0297. The maximum Gasteiger partial charge on any atom is 0.343 e. The number of hydrogen-bond acceptors (Lipinski definition) is 8. The van der Waals surface area contributed by atoms with E-state index < -0.39 is 34.4 Å². The van der Waals surface area contributed by atoms with Crippen molar-refractivity contribution in [2.45, 2.75) is 6.42 Å². The van der Waals surface area contributed by atoms with Gasteiger partial charge in [-0.25, -0.2) is 10.1 Å². The number of carbonyl (C=O) groups excluding carboxylic acids is 2. The van der Waals surface area contributed by atoms with Crippen LogP contribution in [0.5, 0.6) is 5.75 Å². The highest BCUT2D eigenvalue weighted by molar-refractivity contribution is 14.1. The summed E-state index contributed by atoms with van der Waals surface area (Å²) in [7, 11) is -4.22. The summed E-state index contributed by atoms with van der Waals surface area (Å²) >= 11 is 7.95. The van der Waals surface area contributed by atoms with Crippen molar-refractivity contribution in [3.8, 4) is 5.75 Å². The van der Waals surface area contributed by atoms with Crippen LogP contribution in [0.15, 0.2) is 0 Å². The van der Waals surface area contributed by atoms with E-state index in [-0.39, 0.29) is 24.3 Å². The van der Waals surface area contributed by atoms with Gasteiger partial charge in [-0.05, 0) is 90.4 Å². The summed E-state index contributed by atoms with van der Waals surface area (Å²) in [6.07, 6.45) is -0.304. The summed E-state index contributed by atoms with van der Waals surface area (Å²) in [5, 5.41) is 9.10. The van der Waals surface area contributed by atoms with E-state index in [0.717, 1.165) is 7.14 Å². The predicted molar refractivity (Wildman–Crippen MR) is 123 cm³/mol. The Hall–Kier alpha value is 0.750. The molecule has 0 atom stereocenters. The predicted octanol–water partition coefficient (Wildman–Crippen LogP) is 2.93. The lowest BCUT2D eigenvalue weighted by Gasteiger charge is -2.14. The first-order chi connectivity index (χ1) is 12.0. The maximum absolute atomic E-state index is 12.3. The van der Waals surface area contributed by atoms with E-state index in [1.54, 1.807) is 0 Å². The molecule has 9 nitrogen and oxygen atoms in total. The average molecular weight is 838 g/mol. The van der Waals surface area contributed by atoms with Crippen molar-refractivity contribution in [3.05, 3.63) is 19.8 Å². The quantitative estimate of drug-likeness (QED) is 0.0772. The molecule has 0 aromatic heterocycles. The molecule has 1 aromatic carbocycles. The summed E-state index contributed by atoms with van der Waals surface area (Å²) in [5.74, 6) is -2.34. The van der Waals surface area contributed by atoms with Crippen LogP contribution in [0.4, 0.5) is 0 Å². The monoisotopic (exact) mass is 838 g/mol. The van der Waals surface area contributed by atoms with Gasteiger partial charge in [-0.15, -0.1) is 0 Å². The number of halogens is 4. The van der Waals surface area contributed by atoms with Crippen molar-refractivity contribution in [3.63, 3.8) is 0 Å². The normalized spacial score (nSPS) is 11.2. The second kappa shape index (κ2) is 11.1. The molecule has 0 aliphatic carbocycles. The lowest BCUT2D eigenvalue weighted by molar-refractivity contribution is -0.143. The molecule has 0 saturated carbocycles. The highest BCUT2D eigenvalue weighted by Crippen LogP contribution is 2.37. The topological polar surface area (TPSA) is 136 Å². The lowest BCUT2D eigenvalue weighted by Crippen LogP contribution is -2.18. The third-order valence-electron chi connectivity index (χ3n) is 2.66. The molecular formula is C12H10I4O9S. The molecule has 0 radical (unpaired) electrons. The fourth-order valence-electron chi connectivity index (χ4n) is 1.51. The number of carbonyl (C=O) groups is 2. The van der Waals surface area contributed by atoms with Crippen LogP contribution in [0.3, 0.4) is 0 Å². The first-order valence-corrected chi connectivity index (χ1v) is 12.4. The van der Waals surface area contributed by atoms with E-state index in [1.807, 2.05) is 67.8 Å². The number of benzene rings is 1. The van der Waals surface area contributed by atoms with Crippen molar-refractivity contribution in [1.82, 2.24) is 0 Å². The van der Waals surface area contributed by atoms with Gasteiger partial charge in [0.25, 0.3) is 10.1 Å². The molecule has 0 aliphatic rings. The van der Waals surface area contributed by atoms with Crippen LogP contribution in [0.25, 0.3) is 0 Å². The molecule has 0 heterocycles. The van der Waals surface area contributed by atoms with Crippen molar-refractivity contribution in [2.75, 3.05) is 19.0 Å². The molecule has 0 spiro atoms. The Morgan fingerprint density at radius 3 is 2.04 bits per heavy atom. The van der Waals surface area contributed by atoms with E-state index in [2.05, 4.69) is 32.2 Å². The van der Waals surface area contributed by atoms with E-state index in [4.69, 9.17) is 14.5 Å². The van der Waals surface area contributed by atoms with Crippen LogP contribution in [0, 0.1) is 14.3 Å². The fraction of sp³-hybridized carbons (Fsp3) is 0.333. The Bertz CT molecular complexity index is 810. The van der Waals surface area contributed by atoms with Gasteiger partial charge in [0, 0.05) is 10.7 Å². The summed E-state index contributed by atoms with van der Waals surface area (Å²) in [4.78, 5) is 28.1. The molecule has 26 heavy (non-hydrogen) atoms. The van der Waals surface area contributed by atoms with Gasteiger partial charge in [-0.1, -0.05) is 0 Å². The second-order valence-corrected chi connectivity index (χ2v) is 10.3. The average Bonchev–Trinajstić information content (AvgIpc) is 2.54. The minimum atomic E-state index is -4.22.